The number of hydrogen-bond acceptors (Lipinski definition) is 2. The van der Waals surface area contributed by atoms with Crippen LogP contribution in [0.4, 0.5) is 14.5 Å². The third kappa shape index (κ3) is 3.19. The van der Waals surface area contributed by atoms with Crippen LogP contribution in [0.5, 0.6) is 0 Å². The lowest BCUT2D eigenvalue weighted by molar-refractivity contribution is 0.535. The molecule has 2 rings (SSSR count). The average molecular weight is 346 g/mol. The van der Waals surface area contributed by atoms with Crippen LogP contribution in [-0.4, -0.2) is 4.21 Å². The Morgan fingerprint density at radius 2 is 1.74 bits per heavy atom. The summed E-state index contributed by atoms with van der Waals surface area (Å²) in [6.07, 6.45) is 0. The summed E-state index contributed by atoms with van der Waals surface area (Å²) in [4.78, 5) is -0.440. The Labute approximate surface area is 120 Å². The van der Waals surface area contributed by atoms with Crippen LogP contribution in [0.25, 0.3) is 0 Å². The lowest BCUT2D eigenvalue weighted by Gasteiger charge is -2.07. The molecule has 0 saturated carbocycles. The second-order valence-electron chi connectivity index (χ2n) is 3.89. The number of hydrogen-bond donors (Lipinski definition) is 1. The quantitative estimate of drug-likeness (QED) is 0.863. The molecule has 100 valence electrons. The highest BCUT2D eigenvalue weighted by Crippen LogP contribution is 2.24. The first-order valence-corrected chi connectivity index (χ1v) is 7.46. The number of benzene rings is 2. The molecule has 2 nitrogen and oxygen atoms in total. The minimum Gasteiger partial charge on any atom is -0.399 e. The number of halogens is 3. The summed E-state index contributed by atoms with van der Waals surface area (Å²) in [6.45, 7) is 0. The van der Waals surface area contributed by atoms with Gasteiger partial charge in [0, 0.05) is 10.2 Å². The maximum atomic E-state index is 13.6. The van der Waals surface area contributed by atoms with E-state index in [-0.39, 0.29) is 11.4 Å². The van der Waals surface area contributed by atoms with Gasteiger partial charge >= 0.3 is 0 Å². The highest BCUT2D eigenvalue weighted by molar-refractivity contribution is 9.10. The first-order chi connectivity index (χ1) is 8.99. The summed E-state index contributed by atoms with van der Waals surface area (Å²) in [5, 5.41) is 0. The average Bonchev–Trinajstić information content (AvgIpc) is 2.30. The molecule has 0 aliphatic heterocycles. The molecule has 6 heteroatoms. The molecule has 0 bridgehead atoms. The predicted octanol–water partition coefficient (Wildman–Crippen LogP) is 3.62. The normalized spacial score (nSPS) is 12.4. The SMILES string of the molecule is Nc1cc(F)c(S(=O)Cc2ccccc2Br)c(F)c1. The molecule has 0 aliphatic carbocycles. The monoisotopic (exact) mass is 345 g/mol. The highest BCUT2D eigenvalue weighted by Gasteiger charge is 2.18. The summed E-state index contributed by atoms with van der Waals surface area (Å²) >= 11 is 3.30. The molecule has 0 amide bonds. The topological polar surface area (TPSA) is 43.1 Å². The van der Waals surface area contributed by atoms with Crippen molar-refractivity contribution < 1.29 is 13.0 Å². The number of nitrogen functional groups attached to an aromatic ring is 1. The molecule has 1 unspecified atom stereocenters. The van der Waals surface area contributed by atoms with Crippen LogP contribution in [0.15, 0.2) is 45.8 Å². The first-order valence-electron chi connectivity index (χ1n) is 5.35. The van der Waals surface area contributed by atoms with Crippen molar-refractivity contribution in [2.24, 2.45) is 0 Å². The van der Waals surface area contributed by atoms with Gasteiger partial charge < -0.3 is 5.73 Å². The van der Waals surface area contributed by atoms with E-state index in [1.54, 1.807) is 24.3 Å². The van der Waals surface area contributed by atoms with E-state index in [0.29, 0.717) is 0 Å². The van der Waals surface area contributed by atoms with Gasteiger partial charge in [-0.25, -0.2) is 8.78 Å². The van der Waals surface area contributed by atoms with Gasteiger partial charge in [0.25, 0.3) is 0 Å². The molecule has 0 saturated heterocycles. The zero-order valence-corrected chi connectivity index (χ0v) is 12.1. The van der Waals surface area contributed by atoms with Crippen molar-refractivity contribution in [2.45, 2.75) is 10.6 Å². The van der Waals surface area contributed by atoms with Gasteiger partial charge in [-0.2, -0.15) is 0 Å². The smallest absolute Gasteiger partial charge is 0.144 e. The van der Waals surface area contributed by atoms with Crippen LogP contribution >= 0.6 is 15.9 Å². The largest absolute Gasteiger partial charge is 0.399 e. The minimum atomic E-state index is -1.81. The van der Waals surface area contributed by atoms with Crippen molar-refractivity contribution in [1.29, 1.82) is 0 Å². The standard InChI is InChI=1S/C13H10BrF2NOS/c14-10-4-2-1-3-8(10)7-19(18)13-11(15)5-9(17)6-12(13)16/h1-6H,7,17H2. The Balaban J connectivity index is 2.34. The summed E-state index contributed by atoms with van der Waals surface area (Å²) in [7, 11) is -1.81. The fourth-order valence-corrected chi connectivity index (χ4v) is 3.47. The Morgan fingerprint density at radius 3 is 2.32 bits per heavy atom. The van der Waals surface area contributed by atoms with Gasteiger partial charge in [0.15, 0.2) is 0 Å². The van der Waals surface area contributed by atoms with Gasteiger partial charge in [0.1, 0.15) is 16.5 Å². The van der Waals surface area contributed by atoms with Crippen molar-refractivity contribution >= 4 is 32.4 Å². The van der Waals surface area contributed by atoms with Crippen LogP contribution in [0.2, 0.25) is 0 Å². The van der Waals surface area contributed by atoms with Crippen molar-refractivity contribution in [3.63, 3.8) is 0 Å². The van der Waals surface area contributed by atoms with Crippen LogP contribution < -0.4 is 5.73 Å². The molecular formula is C13H10BrF2NOS. The van der Waals surface area contributed by atoms with Gasteiger partial charge in [-0.3, -0.25) is 4.21 Å². The van der Waals surface area contributed by atoms with Crippen LogP contribution in [-0.2, 0) is 16.6 Å². The highest BCUT2D eigenvalue weighted by atomic mass is 79.9. The van der Waals surface area contributed by atoms with Crippen molar-refractivity contribution in [3.05, 3.63) is 58.1 Å². The molecular weight excluding hydrogens is 336 g/mol. The molecule has 1 atom stereocenters. The van der Waals surface area contributed by atoms with E-state index in [2.05, 4.69) is 15.9 Å². The second-order valence-corrected chi connectivity index (χ2v) is 6.14. The van der Waals surface area contributed by atoms with Crippen LogP contribution in [0.1, 0.15) is 5.56 Å². The predicted molar refractivity (Wildman–Crippen MR) is 75.0 cm³/mol. The van der Waals surface area contributed by atoms with Gasteiger partial charge in [-0.1, -0.05) is 34.1 Å². The number of nitrogens with two attached hydrogens (primary N) is 1. The molecule has 0 spiro atoms. The summed E-state index contributed by atoms with van der Waals surface area (Å²) in [5.41, 5.74) is 6.01. The summed E-state index contributed by atoms with van der Waals surface area (Å²) < 4.78 is 40.1. The van der Waals surface area contributed by atoms with Crippen LogP contribution in [0.3, 0.4) is 0 Å². The maximum absolute atomic E-state index is 13.6. The lowest BCUT2D eigenvalue weighted by atomic mass is 10.2. The molecule has 0 aromatic heterocycles. The third-order valence-corrected chi connectivity index (χ3v) is 4.68. The number of rotatable bonds is 3. The van der Waals surface area contributed by atoms with E-state index >= 15 is 0 Å². The molecule has 0 radical (unpaired) electrons. The molecule has 2 aromatic rings. The molecule has 0 heterocycles. The Bertz CT molecular complexity index is 625. The van der Waals surface area contributed by atoms with Gasteiger partial charge in [0.05, 0.1) is 16.6 Å². The molecule has 0 fully saturated rings. The van der Waals surface area contributed by atoms with E-state index < -0.39 is 27.3 Å². The zero-order valence-electron chi connectivity index (χ0n) is 9.70. The van der Waals surface area contributed by atoms with Crippen molar-refractivity contribution in [1.82, 2.24) is 0 Å². The second kappa shape index (κ2) is 5.79. The molecule has 0 aliphatic rings. The maximum Gasteiger partial charge on any atom is 0.144 e. The third-order valence-electron chi connectivity index (χ3n) is 2.49. The lowest BCUT2D eigenvalue weighted by Crippen LogP contribution is -2.04. The zero-order chi connectivity index (χ0) is 14.0. The Kier molecular flexibility index (Phi) is 4.31. The molecule has 2 N–H and O–H groups in total. The van der Waals surface area contributed by atoms with E-state index in [1.165, 1.54) is 0 Å². The van der Waals surface area contributed by atoms with E-state index in [4.69, 9.17) is 5.73 Å². The van der Waals surface area contributed by atoms with Crippen molar-refractivity contribution in [3.8, 4) is 0 Å². The fraction of sp³-hybridized carbons (Fsp3) is 0.0769. The first kappa shape index (κ1) is 14.1. The van der Waals surface area contributed by atoms with Crippen LogP contribution in [0, 0.1) is 11.6 Å². The van der Waals surface area contributed by atoms with Gasteiger partial charge in [0.2, 0.25) is 0 Å². The Morgan fingerprint density at radius 1 is 1.16 bits per heavy atom. The van der Waals surface area contributed by atoms with Gasteiger partial charge in [-0.05, 0) is 23.8 Å². The van der Waals surface area contributed by atoms with E-state index in [9.17, 15) is 13.0 Å². The van der Waals surface area contributed by atoms with E-state index in [1.807, 2.05) is 0 Å². The fourth-order valence-electron chi connectivity index (χ4n) is 1.63. The molecule has 19 heavy (non-hydrogen) atoms. The molecule has 2 aromatic carbocycles. The van der Waals surface area contributed by atoms with Crippen molar-refractivity contribution in [2.75, 3.05) is 5.73 Å². The van der Waals surface area contributed by atoms with Gasteiger partial charge in [-0.15, -0.1) is 0 Å². The Hall–Kier alpha value is -1.27. The summed E-state index contributed by atoms with van der Waals surface area (Å²) in [5.74, 6) is -1.75. The number of anilines is 1. The minimum absolute atomic E-state index is 0.0270. The van der Waals surface area contributed by atoms with E-state index in [0.717, 1.165) is 22.2 Å². The summed E-state index contributed by atoms with van der Waals surface area (Å²) in [6, 6.07) is 9.04.